The van der Waals surface area contributed by atoms with Crippen LogP contribution >= 0.6 is 11.6 Å². The first-order valence-corrected chi connectivity index (χ1v) is 9.23. The van der Waals surface area contributed by atoms with Gasteiger partial charge in [0.05, 0.1) is 18.7 Å². The first-order chi connectivity index (χ1) is 13.5. The van der Waals surface area contributed by atoms with Crippen molar-refractivity contribution in [3.8, 4) is 0 Å². The Morgan fingerprint density at radius 2 is 1.71 bits per heavy atom. The van der Waals surface area contributed by atoms with Crippen molar-refractivity contribution in [1.29, 1.82) is 0 Å². The number of nitrogens with zero attached hydrogens (tertiary/aromatic N) is 1. The van der Waals surface area contributed by atoms with Crippen LogP contribution in [-0.4, -0.2) is 29.3 Å². The third-order valence-corrected chi connectivity index (χ3v) is 4.47. The molecule has 0 spiro atoms. The van der Waals surface area contributed by atoms with E-state index >= 15 is 0 Å². The summed E-state index contributed by atoms with van der Waals surface area (Å²) in [5.74, 6) is -1.45. The van der Waals surface area contributed by atoms with E-state index < -0.39 is 17.8 Å². The highest BCUT2D eigenvalue weighted by molar-refractivity contribution is 6.48. The van der Waals surface area contributed by atoms with E-state index in [0.717, 1.165) is 16.9 Å². The Morgan fingerprint density at radius 3 is 2.36 bits per heavy atom. The molecule has 1 N–H and O–H groups in total. The number of imide groups is 1. The second-order valence-corrected chi connectivity index (χ2v) is 6.59. The number of ether oxygens (including phenoxy) is 1. The molecule has 2 amide bonds. The fraction of sp³-hybridized carbons (Fsp3) is 0.190. The first kappa shape index (κ1) is 19.6. The molecule has 1 aliphatic heterocycles. The summed E-state index contributed by atoms with van der Waals surface area (Å²) in [7, 11) is 0. The van der Waals surface area contributed by atoms with Crippen molar-refractivity contribution in [1.82, 2.24) is 4.90 Å². The fourth-order valence-corrected chi connectivity index (χ4v) is 2.91. The number of amides is 2. The SMILES string of the molecule is CCCOC(=O)c1ccc(NC2=C(Cl)C(=O)N(Cc3ccccc3)C2=O)cc1. The van der Waals surface area contributed by atoms with Gasteiger partial charge in [-0.3, -0.25) is 14.5 Å². The van der Waals surface area contributed by atoms with Crippen LogP contribution in [0.25, 0.3) is 0 Å². The van der Waals surface area contributed by atoms with Crippen LogP contribution in [-0.2, 0) is 20.9 Å². The van der Waals surface area contributed by atoms with E-state index in [2.05, 4.69) is 5.32 Å². The highest BCUT2D eigenvalue weighted by atomic mass is 35.5. The minimum absolute atomic E-state index is 0.0175. The molecule has 0 aliphatic carbocycles. The number of hydrogen-bond acceptors (Lipinski definition) is 5. The van der Waals surface area contributed by atoms with Crippen molar-refractivity contribution in [2.24, 2.45) is 0 Å². The first-order valence-electron chi connectivity index (χ1n) is 8.85. The number of nitrogens with one attached hydrogen (secondary N) is 1. The summed E-state index contributed by atoms with van der Waals surface area (Å²) in [5.41, 5.74) is 1.77. The van der Waals surface area contributed by atoms with E-state index in [-0.39, 0.29) is 17.3 Å². The number of anilines is 1. The zero-order valence-corrected chi connectivity index (χ0v) is 16.0. The van der Waals surface area contributed by atoms with Crippen LogP contribution in [0.2, 0.25) is 0 Å². The van der Waals surface area contributed by atoms with E-state index in [1.807, 2.05) is 37.3 Å². The van der Waals surface area contributed by atoms with Gasteiger partial charge in [0.15, 0.2) is 0 Å². The molecule has 1 aliphatic rings. The monoisotopic (exact) mass is 398 g/mol. The van der Waals surface area contributed by atoms with Crippen LogP contribution in [0.5, 0.6) is 0 Å². The van der Waals surface area contributed by atoms with Gasteiger partial charge in [-0.2, -0.15) is 0 Å². The summed E-state index contributed by atoms with van der Waals surface area (Å²) in [5, 5.41) is 2.72. The normalized spacial score (nSPS) is 13.9. The molecule has 1 heterocycles. The van der Waals surface area contributed by atoms with E-state index in [1.165, 1.54) is 0 Å². The van der Waals surface area contributed by atoms with Crippen molar-refractivity contribution >= 4 is 35.1 Å². The molecule has 0 unspecified atom stereocenters. The van der Waals surface area contributed by atoms with Gasteiger partial charge < -0.3 is 10.1 Å². The molecule has 0 bridgehead atoms. The number of benzene rings is 2. The number of carbonyl (C=O) groups excluding carboxylic acids is 3. The molecule has 28 heavy (non-hydrogen) atoms. The molecule has 2 aromatic rings. The van der Waals surface area contributed by atoms with Crippen molar-refractivity contribution in [3.63, 3.8) is 0 Å². The molecule has 0 fully saturated rings. The zero-order valence-electron chi connectivity index (χ0n) is 15.3. The van der Waals surface area contributed by atoms with E-state index in [1.54, 1.807) is 24.3 Å². The molecule has 2 aromatic carbocycles. The third kappa shape index (κ3) is 4.23. The summed E-state index contributed by atoms with van der Waals surface area (Å²) in [6.07, 6.45) is 0.744. The fourth-order valence-electron chi connectivity index (χ4n) is 2.68. The van der Waals surface area contributed by atoms with Crippen LogP contribution in [0.1, 0.15) is 29.3 Å². The quantitative estimate of drug-likeness (QED) is 0.568. The van der Waals surface area contributed by atoms with Crippen LogP contribution in [0.4, 0.5) is 5.69 Å². The van der Waals surface area contributed by atoms with E-state index in [4.69, 9.17) is 16.3 Å². The van der Waals surface area contributed by atoms with Crippen LogP contribution in [0.3, 0.4) is 0 Å². The Labute approximate surface area is 167 Å². The molecule has 3 rings (SSSR count). The summed E-state index contributed by atoms with van der Waals surface area (Å²) < 4.78 is 5.07. The molecular weight excluding hydrogens is 380 g/mol. The number of hydrogen-bond donors (Lipinski definition) is 1. The molecule has 7 heteroatoms. The minimum Gasteiger partial charge on any atom is -0.462 e. The summed E-state index contributed by atoms with van der Waals surface area (Å²) in [6, 6.07) is 15.6. The topological polar surface area (TPSA) is 75.7 Å². The predicted octanol–water partition coefficient (Wildman–Crippen LogP) is 3.68. The lowest BCUT2D eigenvalue weighted by Crippen LogP contribution is -2.31. The maximum atomic E-state index is 12.7. The Morgan fingerprint density at radius 1 is 1.04 bits per heavy atom. The smallest absolute Gasteiger partial charge is 0.338 e. The highest BCUT2D eigenvalue weighted by Crippen LogP contribution is 2.27. The zero-order chi connectivity index (χ0) is 20.1. The summed E-state index contributed by atoms with van der Waals surface area (Å²) in [6.45, 7) is 2.41. The number of esters is 1. The third-order valence-electron chi connectivity index (χ3n) is 4.12. The van der Waals surface area contributed by atoms with Gasteiger partial charge in [-0.25, -0.2) is 4.79 Å². The van der Waals surface area contributed by atoms with Crippen molar-refractivity contribution < 1.29 is 19.1 Å². The molecule has 0 radical (unpaired) electrons. The van der Waals surface area contributed by atoms with Gasteiger partial charge in [-0.15, -0.1) is 0 Å². The summed E-state index contributed by atoms with van der Waals surface area (Å²) in [4.78, 5) is 38.0. The lowest BCUT2D eigenvalue weighted by atomic mass is 10.2. The highest BCUT2D eigenvalue weighted by Gasteiger charge is 2.37. The van der Waals surface area contributed by atoms with Crippen molar-refractivity contribution in [3.05, 3.63) is 76.5 Å². The molecule has 0 atom stereocenters. The second-order valence-electron chi connectivity index (χ2n) is 6.21. The van der Waals surface area contributed by atoms with Gasteiger partial charge in [-0.1, -0.05) is 48.9 Å². The van der Waals surface area contributed by atoms with Crippen LogP contribution in [0, 0.1) is 0 Å². The lowest BCUT2D eigenvalue weighted by molar-refractivity contribution is -0.138. The van der Waals surface area contributed by atoms with Gasteiger partial charge >= 0.3 is 5.97 Å². The number of carbonyl (C=O) groups is 3. The molecule has 0 aromatic heterocycles. The largest absolute Gasteiger partial charge is 0.462 e. The Hall–Kier alpha value is -3.12. The van der Waals surface area contributed by atoms with Crippen molar-refractivity contribution in [2.45, 2.75) is 19.9 Å². The average Bonchev–Trinajstić information content (AvgIpc) is 2.91. The lowest BCUT2D eigenvalue weighted by Gasteiger charge is -2.15. The molecular formula is C21H19ClN2O4. The van der Waals surface area contributed by atoms with Gasteiger partial charge in [-0.05, 0) is 36.2 Å². The Kier molecular flexibility index (Phi) is 6.11. The van der Waals surface area contributed by atoms with Gasteiger partial charge in [0.2, 0.25) is 0 Å². The Balaban J connectivity index is 1.70. The minimum atomic E-state index is -0.544. The van der Waals surface area contributed by atoms with Crippen LogP contribution in [0.15, 0.2) is 65.3 Å². The number of rotatable bonds is 7. The molecule has 0 saturated carbocycles. The van der Waals surface area contributed by atoms with E-state index in [9.17, 15) is 14.4 Å². The van der Waals surface area contributed by atoms with Gasteiger partial charge in [0, 0.05) is 5.69 Å². The molecule has 0 saturated heterocycles. The number of halogens is 1. The molecule has 144 valence electrons. The van der Waals surface area contributed by atoms with Crippen LogP contribution < -0.4 is 5.32 Å². The second kappa shape index (κ2) is 8.71. The summed E-state index contributed by atoms with van der Waals surface area (Å²) >= 11 is 6.10. The maximum absolute atomic E-state index is 12.7. The maximum Gasteiger partial charge on any atom is 0.338 e. The average molecular weight is 399 g/mol. The van der Waals surface area contributed by atoms with Crippen molar-refractivity contribution in [2.75, 3.05) is 11.9 Å². The Bertz CT molecular complexity index is 923. The van der Waals surface area contributed by atoms with E-state index in [0.29, 0.717) is 17.9 Å². The predicted molar refractivity (Wildman–Crippen MR) is 106 cm³/mol. The van der Waals surface area contributed by atoms with Gasteiger partial charge in [0.1, 0.15) is 10.7 Å². The van der Waals surface area contributed by atoms with Gasteiger partial charge in [0.25, 0.3) is 11.8 Å². The standard InChI is InChI=1S/C21H19ClN2O4/c1-2-12-28-21(27)15-8-10-16(11-9-15)23-18-17(22)19(25)24(20(18)26)13-14-6-4-3-5-7-14/h3-11,23H,2,12-13H2,1H3. The molecule has 6 nitrogen and oxygen atoms in total.